The lowest BCUT2D eigenvalue weighted by Crippen LogP contribution is -2.13. The van der Waals surface area contributed by atoms with Gasteiger partial charge in [-0.2, -0.15) is 0 Å². The maximum absolute atomic E-state index is 12.5. The number of hydrogen-bond acceptors (Lipinski definition) is 5. The van der Waals surface area contributed by atoms with Crippen LogP contribution in [0.2, 0.25) is 5.02 Å². The smallest absolute Gasteiger partial charge is 0.274 e. The first-order valence-corrected chi connectivity index (χ1v) is 8.49. The molecule has 1 aromatic heterocycles. The van der Waals surface area contributed by atoms with Crippen molar-refractivity contribution < 1.29 is 14.3 Å². The summed E-state index contributed by atoms with van der Waals surface area (Å²) >= 11 is 5.94. The molecule has 0 saturated carbocycles. The SMILES string of the molecule is COc1ccc(Nc2ccnc(C(=O)Nc3cccc(Cl)c3)c2)c(OC)c1. The van der Waals surface area contributed by atoms with E-state index in [0.717, 1.165) is 5.69 Å². The maximum atomic E-state index is 12.5. The number of carbonyl (C=O) groups is 1. The van der Waals surface area contributed by atoms with Crippen molar-refractivity contribution >= 4 is 34.6 Å². The minimum Gasteiger partial charge on any atom is -0.497 e. The third-order valence-corrected chi connectivity index (χ3v) is 4.00. The first-order chi connectivity index (χ1) is 13.1. The topological polar surface area (TPSA) is 72.5 Å². The van der Waals surface area contributed by atoms with E-state index in [9.17, 15) is 4.79 Å². The Morgan fingerprint density at radius 2 is 1.85 bits per heavy atom. The van der Waals surface area contributed by atoms with E-state index in [-0.39, 0.29) is 11.6 Å². The lowest BCUT2D eigenvalue weighted by molar-refractivity contribution is 0.102. The van der Waals surface area contributed by atoms with Crippen molar-refractivity contribution in [2.24, 2.45) is 0 Å². The number of aromatic nitrogens is 1. The van der Waals surface area contributed by atoms with E-state index in [1.807, 2.05) is 12.1 Å². The van der Waals surface area contributed by atoms with Gasteiger partial charge in [0.1, 0.15) is 17.2 Å². The van der Waals surface area contributed by atoms with Gasteiger partial charge < -0.3 is 20.1 Å². The molecule has 2 N–H and O–H groups in total. The molecule has 0 bridgehead atoms. The van der Waals surface area contributed by atoms with Crippen LogP contribution in [0.1, 0.15) is 10.5 Å². The van der Waals surface area contributed by atoms with Crippen LogP contribution >= 0.6 is 11.6 Å². The Labute approximate surface area is 162 Å². The van der Waals surface area contributed by atoms with E-state index >= 15 is 0 Å². The number of anilines is 3. The number of amides is 1. The second-order valence-electron chi connectivity index (χ2n) is 5.59. The van der Waals surface area contributed by atoms with Crippen LogP contribution in [0.4, 0.5) is 17.1 Å². The number of carbonyl (C=O) groups excluding carboxylic acids is 1. The van der Waals surface area contributed by atoms with Crippen molar-refractivity contribution in [3.63, 3.8) is 0 Å². The van der Waals surface area contributed by atoms with Gasteiger partial charge >= 0.3 is 0 Å². The van der Waals surface area contributed by atoms with E-state index < -0.39 is 0 Å². The van der Waals surface area contributed by atoms with Crippen molar-refractivity contribution in [3.05, 3.63) is 71.5 Å². The summed E-state index contributed by atoms with van der Waals surface area (Å²) < 4.78 is 10.6. The summed E-state index contributed by atoms with van der Waals surface area (Å²) in [4.78, 5) is 16.6. The zero-order chi connectivity index (χ0) is 19.2. The van der Waals surface area contributed by atoms with E-state index in [4.69, 9.17) is 21.1 Å². The number of methoxy groups -OCH3 is 2. The zero-order valence-electron chi connectivity index (χ0n) is 14.8. The molecule has 2 aromatic carbocycles. The largest absolute Gasteiger partial charge is 0.497 e. The minimum absolute atomic E-state index is 0.271. The molecule has 0 aliphatic rings. The molecule has 138 valence electrons. The van der Waals surface area contributed by atoms with Gasteiger partial charge in [-0.3, -0.25) is 9.78 Å². The van der Waals surface area contributed by atoms with Crippen LogP contribution in [0.5, 0.6) is 11.5 Å². The predicted molar refractivity (Wildman–Crippen MR) is 106 cm³/mol. The van der Waals surface area contributed by atoms with Gasteiger partial charge in [-0.15, -0.1) is 0 Å². The van der Waals surface area contributed by atoms with Crippen LogP contribution in [-0.4, -0.2) is 25.1 Å². The molecule has 0 fully saturated rings. The van der Waals surface area contributed by atoms with Gasteiger partial charge in [-0.25, -0.2) is 0 Å². The molecule has 1 heterocycles. The second kappa shape index (κ2) is 8.42. The first kappa shape index (κ1) is 18.5. The monoisotopic (exact) mass is 383 g/mol. The molecule has 0 radical (unpaired) electrons. The summed E-state index contributed by atoms with van der Waals surface area (Å²) in [6.45, 7) is 0. The van der Waals surface area contributed by atoms with Crippen molar-refractivity contribution in [1.82, 2.24) is 4.98 Å². The summed E-state index contributed by atoms with van der Waals surface area (Å²) in [6.07, 6.45) is 1.56. The number of halogens is 1. The highest BCUT2D eigenvalue weighted by molar-refractivity contribution is 6.30. The number of pyridine rings is 1. The van der Waals surface area contributed by atoms with Crippen LogP contribution in [0, 0.1) is 0 Å². The Kier molecular flexibility index (Phi) is 5.78. The standard InChI is InChI=1S/C20H18ClN3O3/c1-26-16-6-7-17(19(12-16)27-2)23-15-8-9-22-18(11-15)20(25)24-14-5-3-4-13(21)10-14/h3-12H,1-2H3,(H,22,23)(H,24,25). The third kappa shape index (κ3) is 4.68. The van der Waals surface area contributed by atoms with E-state index in [1.54, 1.807) is 62.9 Å². The lowest BCUT2D eigenvalue weighted by atomic mass is 10.2. The molecule has 3 rings (SSSR count). The van der Waals surface area contributed by atoms with Crippen LogP contribution in [-0.2, 0) is 0 Å². The van der Waals surface area contributed by atoms with E-state index in [0.29, 0.717) is 27.9 Å². The summed E-state index contributed by atoms with van der Waals surface area (Å²) in [5.74, 6) is 0.979. The number of nitrogens with one attached hydrogen (secondary N) is 2. The van der Waals surface area contributed by atoms with Gasteiger partial charge in [0.2, 0.25) is 0 Å². The Bertz CT molecular complexity index is 963. The number of benzene rings is 2. The molecule has 0 spiro atoms. The molecule has 0 unspecified atom stereocenters. The van der Waals surface area contributed by atoms with Gasteiger partial charge in [0.05, 0.1) is 19.9 Å². The average molecular weight is 384 g/mol. The first-order valence-electron chi connectivity index (χ1n) is 8.11. The van der Waals surface area contributed by atoms with E-state index in [2.05, 4.69) is 15.6 Å². The number of hydrogen-bond donors (Lipinski definition) is 2. The fourth-order valence-electron chi connectivity index (χ4n) is 2.45. The molecule has 0 aliphatic carbocycles. The van der Waals surface area contributed by atoms with Crippen molar-refractivity contribution in [3.8, 4) is 11.5 Å². The lowest BCUT2D eigenvalue weighted by Gasteiger charge is -2.13. The number of nitrogens with zero attached hydrogens (tertiary/aromatic N) is 1. The van der Waals surface area contributed by atoms with Gasteiger partial charge in [-0.05, 0) is 42.5 Å². The summed E-state index contributed by atoms with van der Waals surface area (Å²) in [5, 5.41) is 6.54. The van der Waals surface area contributed by atoms with Gasteiger partial charge in [0, 0.05) is 28.7 Å². The molecule has 0 aliphatic heterocycles. The fourth-order valence-corrected chi connectivity index (χ4v) is 2.64. The van der Waals surface area contributed by atoms with Crippen LogP contribution in [0.3, 0.4) is 0 Å². The summed E-state index contributed by atoms with van der Waals surface area (Å²) in [7, 11) is 3.17. The van der Waals surface area contributed by atoms with Gasteiger partial charge in [-0.1, -0.05) is 17.7 Å². The van der Waals surface area contributed by atoms with Crippen LogP contribution < -0.4 is 20.1 Å². The molecule has 27 heavy (non-hydrogen) atoms. The van der Waals surface area contributed by atoms with E-state index in [1.165, 1.54) is 0 Å². The van der Waals surface area contributed by atoms with Crippen molar-refractivity contribution in [2.75, 3.05) is 24.9 Å². The Morgan fingerprint density at radius 1 is 1.00 bits per heavy atom. The highest BCUT2D eigenvalue weighted by atomic mass is 35.5. The van der Waals surface area contributed by atoms with Crippen molar-refractivity contribution in [2.45, 2.75) is 0 Å². The number of ether oxygens (including phenoxy) is 2. The second-order valence-corrected chi connectivity index (χ2v) is 6.02. The molecular weight excluding hydrogens is 366 g/mol. The fraction of sp³-hybridized carbons (Fsp3) is 0.100. The molecular formula is C20H18ClN3O3. The summed E-state index contributed by atoms with van der Waals surface area (Å²) in [5.41, 5.74) is 2.31. The Morgan fingerprint density at radius 3 is 2.59 bits per heavy atom. The average Bonchev–Trinajstić information content (AvgIpc) is 2.68. The predicted octanol–water partition coefficient (Wildman–Crippen LogP) is 4.75. The van der Waals surface area contributed by atoms with Gasteiger partial charge in [0.25, 0.3) is 5.91 Å². The maximum Gasteiger partial charge on any atom is 0.274 e. The molecule has 7 heteroatoms. The Balaban J connectivity index is 1.78. The van der Waals surface area contributed by atoms with Crippen LogP contribution in [0.25, 0.3) is 0 Å². The van der Waals surface area contributed by atoms with Gasteiger partial charge in [0.15, 0.2) is 0 Å². The number of rotatable bonds is 6. The molecule has 1 amide bonds. The molecule has 0 atom stereocenters. The molecule has 0 saturated heterocycles. The minimum atomic E-state index is -0.331. The normalized spacial score (nSPS) is 10.2. The summed E-state index contributed by atoms with van der Waals surface area (Å²) in [6, 6.07) is 15.8. The molecule has 6 nitrogen and oxygen atoms in total. The highest BCUT2D eigenvalue weighted by Crippen LogP contribution is 2.31. The van der Waals surface area contributed by atoms with Crippen molar-refractivity contribution in [1.29, 1.82) is 0 Å². The molecule has 3 aromatic rings. The quantitative estimate of drug-likeness (QED) is 0.642. The highest BCUT2D eigenvalue weighted by Gasteiger charge is 2.10. The zero-order valence-corrected chi connectivity index (χ0v) is 15.6. The van der Waals surface area contributed by atoms with Crippen LogP contribution in [0.15, 0.2) is 60.8 Å². The Hall–Kier alpha value is -3.25. The third-order valence-electron chi connectivity index (χ3n) is 3.76.